The molecule has 0 bridgehead atoms. The number of hydrogen-bond acceptors (Lipinski definition) is 2. The summed E-state index contributed by atoms with van der Waals surface area (Å²) in [5.41, 5.74) is 3.26. The van der Waals surface area contributed by atoms with Crippen molar-refractivity contribution in [2.75, 3.05) is 13.7 Å². The van der Waals surface area contributed by atoms with Crippen LogP contribution in [0.15, 0.2) is 42.5 Å². The van der Waals surface area contributed by atoms with Crippen LogP contribution in [0.3, 0.4) is 0 Å². The first kappa shape index (κ1) is 16.5. The molecular weight excluding hydrogens is 334 g/mol. The average molecular weight is 356 g/mol. The summed E-state index contributed by atoms with van der Waals surface area (Å²) in [6, 6.07) is 14.0. The van der Waals surface area contributed by atoms with Gasteiger partial charge in [0.15, 0.2) is 0 Å². The van der Waals surface area contributed by atoms with Gasteiger partial charge < -0.3 is 9.64 Å². The number of amides is 1. The van der Waals surface area contributed by atoms with E-state index >= 15 is 0 Å². The highest BCUT2D eigenvalue weighted by atomic mass is 35.5. The van der Waals surface area contributed by atoms with E-state index in [1.165, 1.54) is 11.1 Å². The zero-order valence-electron chi connectivity index (χ0n) is 14.4. The fourth-order valence-electron chi connectivity index (χ4n) is 4.06. The van der Waals surface area contributed by atoms with Crippen LogP contribution in [0.25, 0.3) is 0 Å². The molecule has 1 aliphatic heterocycles. The topological polar surface area (TPSA) is 29.5 Å². The molecule has 4 heteroatoms. The molecule has 0 saturated heterocycles. The van der Waals surface area contributed by atoms with Gasteiger partial charge in [0, 0.05) is 18.1 Å². The number of rotatable bonds is 3. The van der Waals surface area contributed by atoms with Gasteiger partial charge in [-0.25, -0.2) is 0 Å². The lowest BCUT2D eigenvalue weighted by Gasteiger charge is -2.45. The van der Waals surface area contributed by atoms with E-state index in [1.807, 2.05) is 35.2 Å². The average Bonchev–Trinajstić information content (AvgIpc) is 2.61. The number of hydrogen-bond donors (Lipinski definition) is 0. The number of ether oxygens (including phenoxy) is 1. The quantitative estimate of drug-likeness (QED) is 0.818. The first-order valence-electron chi connectivity index (χ1n) is 8.84. The first-order valence-corrected chi connectivity index (χ1v) is 9.21. The maximum absolute atomic E-state index is 13.4. The van der Waals surface area contributed by atoms with E-state index < -0.39 is 0 Å². The van der Waals surface area contributed by atoms with E-state index in [0.29, 0.717) is 11.6 Å². The summed E-state index contributed by atoms with van der Waals surface area (Å²) >= 11 is 6.03. The van der Waals surface area contributed by atoms with E-state index in [4.69, 9.17) is 16.3 Å². The van der Waals surface area contributed by atoms with Crippen molar-refractivity contribution in [2.45, 2.75) is 37.6 Å². The lowest BCUT2D eigenvalue weighted by atomic mass is 9.63. The molecule has 1 fully saturated rings. The normalized spacial score (nSPS) is 18.2. The van der Waals surface area contributed by atoms with Crippen LogP contribution in [0.1, 0.15) is 36.0 Å². The molecule has 1 saturated carbocycles. The molecule has 25 heavy (non-hydrogen) atoms. The van der Waals surface area contributed by atoms with Gasteiger partial charge >= 0.3 is 0 Å². The number of nitrogens with zero attached hydrogens (tertiary/aromatic N) is 1. The van der Waals surface area contributed by atoms with Crippen LogP contribution in [-0.4, -0.2) is 24.5 Å². The zero-order valence-corrected chi connectivity index (χ0v) is 15.2. The summed E-state index contributed by atoms with van der Waals surface area (Å²) in [4.78, 5) is 15.4. The number of fused-ring (bicyclic) bond motifs is 1. The van der Waals surface area contributed by atoms with Gasteiger partial charge in [0.2, 0.25) is 5.91 Å². The fraction of sp³-hybridized carbons (Fsp3) is 0.381. The van der Waals surface area contributed by atoms with Crippen molar-refractivity contribution in [1.29, 1.82) is 0 Å². The van der Waals surface area contributed by atoms with Crippen molar-refractivity contribution in [3.63, 3.8) is 0 Å². The molecule has 0 radical (unpaired) electrons. The number of carbonyl (C=O) groups excluding carboxylic acids is 1. The second-order valence-electron chi connectivity index (χ2n) is 7.05. The Hall–Kier alpha value is -2.00. The maximum Gasteiger partial charge on any atom is 0.233 e. The summed E-state index contributed by atoms with van der Waals surface area (Å²) in [5.74, 6) is 1.11. The Morgan fingerprint density at radius 3 is 2.52 bits per heavy atom. The fourth-order valence-corrected chi connectivity index (χ4v) is 4.19. The van der Waals surface area contributed by atoms with Crippen LogP contribution in [0.4, 0.5) is 0 Å². The molecule has 2 aromatic rings. The van der Waals surface area contributed by atoms with E-state index in [9.17, 15) is 4.79 Å². The van der Waals surface area contributed by atoms with Gasteiger partial charge in [0.05, 0.1) is 12.5 Å². The van der Waals surface area contributed by atoms with Crippen LogP contribution < -0.4 is 4.74 Å². The monoisotopic (exact) mass is 355 g/mol. The molecule has 0 N–H and O–H groups in total. The minimum Gasteiger partial charge on any atom is -0.497 e. The van der Waals surface area contributed by atoms with Crippen molar-refractivity contribution >= 4 is 17.5 Å². The molecule has 2 aromatic carbocycles. The smallest absolute Gasteiger partial charge is 0.233 e. The predicted octanol–water partition coefficient (Wildman–Crippen LogP) is 4.36. The lowest BCUT2D eigenvalue weighted by molar-refractivity contribution is -0.142. The Bertz CT molecular complexity index is 796. The molecule has 3 nitrogen and oxygen atoms in total. The molecule has 2 aliphatic rings. The molecule has 4 rings (SSSR count). The Kier molecular flexibility index (Phi) is 4.20. The van der Waals surface area contributed by atoms with E-state index in [1.54, 1.807) is 7.11 Å². The highest BCUT2D eigenvalue weighted by molar-refractivity contribution is 6.30. The molecule has 0 spiro atoms. The van der Waals surface area contributed by atoms with Crippen molar-refractivity contribution in [2.24, 2.45) is 0 Å². The number of methoxy groups -OCH3 is 1. The summed E-state index contributed by atoms with van der Waals surface area (Å²) < 4.78 is 5.34. The summed E-state index contributed by atoms with van der Waals surface area (Å²) in [5, 5.41) is 0.713. The maximum atomic E-state index is 13.4. The van der Waals surface area contributed by atoms with Crippen LogP contribution in [-0.2, 0) is 23.2 Å². The minimum atomic E-state index is -0.360. The van der Waals surface area contributed by atoms with Crippen molar-refractivity contribution < 1.29 is 9.53 Å². The third kappa shape index (κ3) is 2.81. The van der Waals surface area contributed by atoms with E-state index in [0.717, 1.165) is 43.5 Å². The van der Waals surface area contributed by atoms with Crippen molar-refractivity contribution in [3.05, 3.63) is 64.2 Å². The Balaban J connectivity index is 1.60. The lowest BCUT2D eigenvalue weighted by Crippen LogP contribution is -2.52. The van der Waals surface area contributed by atoms with Gasteiger partial charge in [0.1, 0.15) is 5.75 Å². The third-order valence-corrected chi connectivity index (χ3v) is 5.98. The SMILES string of the molecule is COc1ccc2c(c1)CN(C(=O)C1(c3ccc(Cl)cc3)CCC1)CC2. The Morgan fingerprint density at radius 2 is 1.88 bits per heavy atom. The molecule has 1 amide bonds. The highest BCUT2D eigenvalue weighted by Crippen LogP contribution is 2.46. The van der Waals surface area contributed by atoms with Crippen LogP contribution in [0.2, 0.25) is 5.02 Å². The van der Waals surface area contributed by atoms with E-state index in [-0.39, 0.29) is 11.3 Å². The molecule has 130 valence electrons. The van der Waals surface area contributed by atoms with Crippen molar-refractivity contribution in [1.82, 2.24) is 4.90 Å². The Morgan fingerprint density at radius 1 is 1.12 bits per heavy atom. The van der Waals surface area contributed by atoms with Crippen LogP contribution in [0.5, 0.6) is 5.75 Å². The van der Waals surface area contributed by atoms with Gasteiger partial charge in [-0.15, -0.1) is 0 Å². The highest BCUT2D eigenvalue weighted by Gasteiger charge is 2.47. The number of benzene rings is 2. The largest absolute Gasteiger partial charge is 0.497 e. The standard InChI is InChI=1S/C21H22ClNO2/c1-25-19-8-3-15-9-12-23(14-16(15)13-19)20(24)21(10-2-11-21)17-4-6-18(22)7-5-17/h3-8,13H,2,9-12,14H2,1H3. The summed E-state index contributed by atoms with van der Waals surface area (Å²) in [7, 11) is 1.68. The van der Waals surface area contributed by atoms with E-state index in [2.05, 4.69) is 12.1 Å². The number of halogens is 1. The van der Waals surface area contributed by atoms with Crippen LogP contribution in [0, 0.1) is 0 Å². The molecule has 1 aliphatic carbocycles. The first-order chi connectivity index (χ1) is 12.1. The zero-order chi connectivity index (χ0) is 17.4. The minimum absolute atomic E-state index is 0.259. The number of carbonyl (C=O) groups is 1. The van der Waals surface area contributed by atoms with Gasteiger partial charge in [-0.1, -0.05) is 36.2 Å². The molecule has 0 atom stereocenters. The molecule has 0 unspecified atom stereocenters. The summed E-state index contributed by atoms with van der Waals surface area (Å²) in [6.45, 7) is 1.45. The molecular formula is C21H22ClNO2. The predicted molar refractivity (Wildman–Crippen MR) is 99.1 cm³/mol. The van der Waals surface area contributed by atoms with Gasteiger partial charge in [-0.05, 0) is 60.2 Å². The second-order valence-corrected chi connectivity index (χ2v) is 7.49. The second kappa shape index (κ2) is 6.38. The molecule has 1 heterocycles. The van der Waals surface area contributed by atoms with Gasteiger partial charge in [0.25, 0.3) is 0 Å². The van der Waals surface area contributed by atoms with Gasteiger partial charge in [-0.3, -0.25) is 4.79 Å². The molecule has 0 aromatic heterocycles. The van der Waals surface area contributed by atoms with Gasteiger partial charge in [-0.2, -0.15) is 0 Å². The van der Waals surface area contributed by atoms with Crippen LogP contribution >= 0.6 is 11.6 Å². The Labute approximate surface area is 153 Å². The third-order valence-electron chi connectivity index (χ3n) is 5.73. The van der Waals surface area contributed by atoms with Crippen molar-refractivity contribution in [3.8, 4) is 5.75 Å². The summed E-state index contributed by atoms with van der Waals surface area (Å²) in [6.07, 6.45) is 3.86.